The standard InChI is InChI=1S/C24H31FO6/c1-12-9-16-14-5-6-15-21(25)17(27)7-8-22(15,3)20(14)18(28)10-23(16,4)24(12,30)19(29)11-31-13(2)26/h7-8,12,14,16,18,20,28,30H,5-6,9-11H2,1-4H3/t12?,14-,16-,18?,20+,22-,23-,24-/m0/s1. The second-order valence-electron chi connectivity index (χ2n) is 10.4. The molecule has 0 bridgehead atoms. The average molecular weight is 435 g/mol. The molecule has 2 unspecified atom stereocenters. The van der Waals surface area contributed by atoms with Crippen molar-refractivity contribution in [1.82, 2.24) is 0 Å². The van der Waals surface area contributed by atoms with Gasteiger partial charge in [0.15, 0.2) is 12.4 Å². The normalized spacial score (nSPS) is 46.3. The third kappa shape index (κ3) is 2.85. The van der Waals surface area contributed by atoms with Crippen LogP contribution >= 0.6 is 0 Å². The monoisotopic (exact) mass is 434 g/mol. The van der Waals surface area contributed by atoms with Gasteiger partial charge in [0, 0.05) is 23.7 Å². The molecule has 6 nitrogen and oxygen atoms in total. The molecule has 4 aliphatic rings. The van der Waals surface area contributed by atoms with Crippen LogP contribution < -0.4 is 0 Å². The van der Waals surface area contributed by atoms with Crippen LogP contribution in [-0.4, -0.2) is 46.1 Å². The third-order valence-electron chi connectivity index (χ3n) is 9.00. The van der Waals surface area contributed by atoms with Gasteiger partial charge in [-0.25, -0.2) is 4.39 Å². The first kappa shape index (κ1) is 22.3. The Morgan fingerprint density at radius 2 is 2.00 bits per heavy atom. The highest BCUT2D eigenvalue weighted by Gasteiger charge is 2.70. The van der Waals surface area contributed by atoms with Crippen molar-refractivity contribution >= 4 is 17.5 Å². The SMILES string of the molecule is CC(=O)OCC(=O)[C@@]1(O)C(C)C[C@H]2[C@@H]3CCC4=C(F)C(=O)C=C[C@]4(C)[C@H]3C(O)C[C@@]21C. The summed E-state index contributed by atoms with van der Waals surface area (Å²) in [5, 5.41) is 23.0. The van der Waals surface area contributed by atoms with Gasteiger partial charge in [-0.3, -0.25) is 14.4 Å². The van der Waals surface area contributed by atoms with E-state index in [1.54, 1.807) is 6.08 Å². The van der Waals surface area contributed by atoms with E-state index in [1.807, 2.05) is 20.8 Å². The topological polar surface area (TPSA) is 101 Å². The number of aliphatic hydroxyl groups excluding tert-OH is 1. The zero-order valence-electron chi connectivity index (χ0n) is 18.5. The highest BCUT2D eigenvalue weighted by molar-refractivity contribution is 6.04. The van der Waals surface area contributed by atoms with Crippen molar-refractivity contribution in [2.45, 2.75) is 65.1 Å². The number of Topliss-reactive ketones (excluding diaryl/α,β-unsaturated/α-hetero) is 1. The molecule has 31 heavy (non-hydrogen) atoms. The Bertz CT molecular complexity index is 908. The van der Waals surface area contributed by atoms with E-state index in [4.69, 9.17) is 4.74 Å². The number of hydrogen-bond donors (Lipinski definition) is 2. The molecule has 0 aromatic carbocycles. The Balaban J connectivity index is 1.72. The maximum absolute atomic E-state index is 14.7. The Labute approximate surface area is 181 Å². The molecular formula is C24H31FO6. The van der Waals surface area contributed by atoms with Crippen molar-refractivity contribution in [2.75, 3.05) is 6.61 Å². The van der Waals surface area contributed by atoms with Gasteiger partial charge in [-0.15, -0.1) is 0 Å². The predicted octanol–water partition coefficient (Wildman–Crippen LogP) is 2.67. The fourth-order valence-corrected chi connectivity index (χ4v) is 7.61. The molecule has 0 aliphatic heterocycles. The molecule has 0 aromatic rings. The van der Waals surface area contributed by atoms with Gasteiger partial charge in [0.2, 0.25) is 11.6 Å². The quantitative estimate of drug-likeness (QED) is 0.663. The van der Waals surface area contributed by atoms with Gasteiger partial charge in [-0.2, -0.15) is 0 Å². The van der Waals surface area contributed by atoms with Crippen molar-refractivity contribution in [2.24, 2.45) is 34.5 Å². The van der Waals surface area contributed by atoms with E-state index in [-0.39, 0.29) is 30.1 Å². The van der Waals surface area contributed by atoms with Crippen LogP contribution in [0.5, 0.6) is 0 Å². The maximum atomic E-state index is 14.7. The number of ether oxygens (including phenoxy) is 1. The number of rotatable bonds is 3. The van der Waals surface area contributed by atoms with Crippen LogP contribution in [0.1, 0.15) is 53.4 Å². The van der Waals surface area contributed by atoms with Crippen molar-refractivity contribution in [3.05, 3.63) is 23.6 Å². The third-order valence-corrected chi connectivity index (χ3v) is 9.00. The molecule has 4 aliphatic carbocycles. The summed E-state index contributed by atoms with van der Waals surface area (Å²) >= 11 is 0. The van der Waals surface area contributed by atoms with Crippen LogP contribution in [0.3, 0.4) is 0 Å². The molecule has 0 heterocycles. The predicted molar refractivity (Wildman–Crippen MR) is 109 cm³/mol. The molecule has 0 radical (unpaired) electrons. The molecule has 8 atom stereocenters. The Kier molecular flexibility index (Phi) is 5.10. The van der Waals surface area contributed by atoms with Crippen LogP contribution in [-0.2, 0) is 19.1 Å². The van der Waals surface area contributed by atoms with Gasteiger partial charge in [0.05, 0.1) is 6.10 Å². The zero-order chi connectivity index (χ0) is 22.9. The highest BCUT2D eigenvalue weighted by Crippen LogP contribution is 2.68. The lowest BCUT2D eigenvalue weighted by atomic mass is 9.46. The molecule has 0 aromatic heterocycles. The van der Waals surface area contributed by atoms with E-state index in [1.165, 1.54) is 13.0 Å². The summed E-state index contributed by atoms with van der Waals surface area (Å²) in [5.41, 5.74) is -2.93. The molecule has 0 saturated heterocycles. The van der Waals surface area contributed by atoms with E-state index in [0.717, 1.165) is 0 Å². The van der Waals surface area contributed by atoms with Crippen LogP contribution in [0, 0.1) is 34.5 Å². The van der Waals surface area contributed by atoms with Crippen molar-refractivity contribution < 1.29 is 33.7 Å². The molecule has 7 heteroatoms. The number of allylic oxidation sites excluding steroid dienone is 4. The number of carbonyl (C=O) groups excluding carboxylic acids is 3. The first-order valence-electron chi connectivity index (χ1n) is 11.1. The van der Waals surface area contributed by atoms with Crippen LogP contribution in [0.2, 0.25) is 0 Å². The van der Waals surface area contributed by atoms with Gasteiger partial charge in [0.25, 0.3) is 0 Å². The van der Waals surface area contributed by atoms with Gasteiger partial charge in [-0.05, 0) is 55.1 Å². The van der Waals surface area contributed by atoms with Crippen molar-refractivity contribution in [3.8, 4) is 0 Å². The minimum atomic E-state index is -1.72. The fraction of sp³-hybridized carbons (Fsp3) is 0.708. The van der Waals surface area contributed by atoms with Crippen molar-refractivity contribution in [3.63, 3.8) is 0 Å². The van der Waals surface area contributed by atoms with Gasteiger partial charge >= 0.3 is 5.97 Å². The average Bonchev–Trinajstić information content (AvgIpc) is 2.90. The number of carbonyl (C=O) groups is 3. The summed E-state index contributed by atoms with van der Waals surface area (Å²) in [4.78, 5) is 36.2. The lowest BCUT2D eigenvalue weighted by Gasteiger charge is -2.59. The van der Waals surface area contributed by atoms with Gasteiger partial charge < -0.3 is 14.9 Å². The largest absolute Gasteiger partial charge is 0.458 e. The number of hydrogen-bond acceptors (Lipinski definition) is 6. The molecule has 0 spiro atoms. The number of fused-ring (bicyclic) bond motifs is 5. The smallest absolute Gasteiger partial charge is 0.303 e. The first-order chi connectivity index (χ1) is 14.4. The van der Waals surface area contributed by atoms with Gasteiger partial charge in [-0.1, -0.05) is 26.8 Å². The second-order valence-corrected chi connectivity index (χ2v) is 10.4. The van der Waals surface area contributed by atoms with Gasteiger partial charge in [0.1, 0.15) is 5.60 Å². The lowest BCUT2D eigenvalue weighted by molar-refractivity contribution is -0.186. The van der Waals surface area contributed by atoms with E-state index < -0.39 is 52.5 Å². The maximum Gasteiger partial charge on any atom is 0.303 e. The summed E-state index contributed by atoms with van der Waals surface area (Å²) in [6.07, 6.45) is 3.88. The van der Waals surface area contributed by atoms with Crippen LogP contribution in [0.4, 0.5) is 4.39 Å². The lowest BCUT2D eigenvalue weighted by Crippen LogP contribution is -2.63. The second kappa shape index (κ2) is 7.07. The molecule has 4 rings (SSSR count). The summed E-state index contributed by atoms with van der Waals surface area (Å²) in [5.74, 6) is -3.24. The van der Waals surface area contributed by atoms with E-state index >= 15 is 0 Å². The van der Waals surface area contributed by atoms with Crippen molar-refractivity contribution in [1.29, 1.82) is 0 Å². The summed E-state index contributed by atoms with van der Waals surface area (Å²) in [7, 11) is 0. The first-order valence-corrected chi connectivity index (χ1v) is 11.1. The zero-order valence-corrected chi connectivity index (χ0v) is 18.5. The summed E-state index contributed by atoms with van der Waals surface area (Å²) in [6.45, 7) is 6.27. The minimum Gasteiger partial charge on any atom is -0.458 e. The molecule has 0 amide bonds. The molecule has 3 fully saturated rings. The Morgan fingerprint density at radius 1 is 1.32 bits per heavy atom. The molecule has 3 saturated carbocycles. The molecular weight excluding hydrogens is 403 g/mol. The molecule has 170 valence electrons. The fourth-order valence-electron chi connectivity index (χ4n) is 7.61. The summed E-state index contributed by atoms with van der Waals surface area (Å²) < 4.78 is 19.6. The van der Waals surface area contributed by atoms with E-state index in [2.05, 4.69) is 0 Å². The number of esters is 1. The van der Waals surface area contributed by atoms with E-state index in [0.29, 0.717) is 24.8 Å². The van der Waals surface area contributed by atoms with Crippen LogP contribution in [0.25, 0.3) is 0 Å². The van der Waals surface area contributed by atoms with Crippen LogP contribution in [0.15, 0.2) is 23.6 Å². The minimum absolute atomic E-state index is 0.0360. The van der Waals surface area contributed by atoms with E-state index in [9.17, 15) is 29.0 Å². The Morgan fingerprint density at radius 3 is 2.65 bits per heavy atom. The summed E-state index contributed by atoms with van der Waals surface area (Å²) in [6, 6.07) is 0. The number of aliphatic hydroxyl groups is 2. The highest BCUT2D eigenvalue weighted by atomic mass is 19.1. The molecule has 2 N–H and O–H groups in total. The number of halogens is 1. The Hall–Kier alpha value is -1.86. The number of ketones is 2.